The fourth-order valence-corrected chi connectivity index (χ4v) is 5.35. The van der Waals surface area contributed by atoms with Crippen LogP contribution in [0.1, 0.15) is 65.7 Å². The van der Waals surface area contributed by atoms with Gasteiger partial charge in [0.05, 0.1) is 6.10 Å². The van der Waals surface area contributed by atoms with Crippen LogP contribution < -0.4 is 0 Å². The highest BCUT2D eigenvalue weighted by Gasteiger charge is 2.66. The molecule has 1 unspecified atom stereocenters. The molecular formula is C22H34O2. The largest absolute Gasteiger partial charge is 0.356 e. The maximum atomic E-state index is 6.35. The Bertz CT molecular complexity index is 540. The van der Waals surface area contributed by atoms with Gasteiger partial charge in [-0.2, -0.15) is 0 Å². The van der Waals surface area contributed by atoms with Crippen molar-refractivity contribution in [2.45, 2.75) is 78.1 Å². The first-order valence-corrected chi connectivity index (χ1v) is 9.63. The van der Waals surface area contributed by atoms with Gasteiger partial charge in [0.1, 0.15) is 0 Å². The van der Waals surface area contributed by atoms with Crippen molar-refractivity contribution in [2.24, 2.45) is 17.3 Å². The minimum absolute atomic E-state index is 0.0263. The molecular weight excluding hydrogens is 296 g/mol. The Labute approximate surface area is 148 Å². The van der Waals surface area contributed by atoms with E-state index in [4.69, 9.17) is 9.47 Å². The van der Waals surface area contributed by atoms with Gasteiger partial charge in [-0.3, -0.25) is 0 Å². The zero-order valence-corrected chi connectivity index (χ0v) is 15.9. The third-order valence-electron chi connectivity index (χ3n) is 6.61. The number of allylic oxidation sites excluding steroid dienone is 4. The monoisotopic (exact) mass is 330 g/mol. The van der Waals surface area contributed by atoms with E-state index in [-0.39, 0.29) is 6.29 Å². The van der Waals surface area contributed by atoms with Crippen LogP contribution in [0.25, 0.3) is 0 Å². The molecule has 1 saturated carbocycles. The lowest BCUT2D eigenvalue weighted by Gasteiger charge is -2.58. The van der Waals surface area contributed by atoms with Crippen LogP contribution in [0.15, 0.2) is 35.5 Å². The van der Waals surface area contributed by atoms with Crippen molar-refractivity contribution in [1.29, 1.82) is 0 Å². The Hall–Kier alpha value is -0.860. The molecule has 0 N–H and O–H groups in total. The highest BCUT2D eigenvalue weighted by Crippen LogP contribution is 2.66. The summed E-state index contributed by atoms with van der Waals surface area (Å²) in [4.78, 5) is 0. The smallest absolute Gasteiger partial charge is 0.158 e. The lowest BCUT2D eigenvalue weighted by atomic mass is 9.46. The van der Waals surface area contributed by atoms with Crippen molar-refractivity contribution in [3.05, 3.63) is 35.5 Å². The lowest BCUT2D eigenvalue weighted by molar-refractivity contribution is -0.180. The van der Waals surface area contributed by atoms with Crippen molar-refractivity contribution >= 4 is 0 Å². The van der Waals surface area contributed by atoms with Gasteiger partial charge in [-0.1, -0.05) is 35.5 Å². The Balaban J connectivity index is 1.84. The molecule has 0 aromatic carbocycles. The molecule has 1 heterocycles. The van der Waals surface area contributed by atoms with Crippen LogP contribution >= 0.6 is 0 Å². The van der Waals surface area contributed by atoms with E-state index in [2.05, 4.69) is 39.5 Å². The molecule has 2 fully saturated rings. The molecule has 0 amide bonds. The second-order valence-corrected chi connectivity index (χ2v) is 8.40. The minimum Gasteiger partial charge on any atom is -0.356 e. The van der Waals surface area contributed by atoms with Crippen LogP contribution in [-0.4, -0.2) is 19.5 Å². The molecule has 0 aromatic heterocycles. The molecule has 3 aliphatic rings. The third-order valence-corrected chi connectivity index (χ3v) is 6.61. The molecule has 3 rings (SSSR count). The second kappa shape index (κ2) is 7.17. The average Bonchev–Trinajstić information content (AvgIpc) is 2.84. The van der Waals surface area contributed by atoms with Crippen LogP contribution in [0.3, 0.4) is 0 Å². The van der Waals surface area contributed by atoms with Crippen molar-refractivity contribution in [1.82, 2.24) is 0 Å². The summed E-state index contributed by atoms with van der Waals surface area (Å²) in [6.45, 7) is 11.1. The summed E-state index contributed by atoms with van der Waals surface area (Å²) in [7, 11) is 1.79. The molecule has 0 spiro atoms. The first kappa shape index (κ1) is 17.9. The molecule has 134 valence electrons. The molecule has 0 aromatic rings. The molecule has 2 aliphatic carbocycles. The summed E-state index contributed by atoms with van der Waals surface area (Å²) >= 11 is 0. The van der Waals surface area contributed by atoms with Crippen LogP contribution in [0.4, 0.5) is 0 Å². The van der Waals surface area contributed by atoms with E-state index in [1.807, 2.05) is 0 Å². The summed E-state index contributed by atoms with van der Waals surface area (Å²) in [5.41, 5.74) is 4.67. The third kappa shape index (κ3) is 3.15. The average molecular weight is 331 g/mol. The van der Waals surface area contributed by atoms with Gasteiger partial charge in [0.15, 0.2) is 6.29 Å². The van der Waals surface area contributed by atoms with E-state index in [9.17, 15) is 0 Å². The van der Waals surface area contributed by atoms with Crippen molar-refractivity contribution < 1.29 is 9.47 Å². The van der Waals surface area contributed by atoms with Gasteiger partial charge in [0.25, 0.3) is 0 Å². The molecule has 0 bridgehead atoms. The van der Waals surface area contributed by atoms with Gasteiger partial charge in [0, 0.05) is 24.9 Å². The molecule has 5 atom stereocenters. The summed E-state index contributed by atoms with van der Waals surface area (Å²) in [5.74, 6) is 1.25. The van der Waals surface area contributed by atoms with Crippen LogP contribution in [0.2, 0.25) is 0 Å². The van der Waals surface area contributed by atoms with E-state index in [1.54, 1.807) is 12.7 Å². The van der Waals surface area contributed by atoms with Gasteiger partial charge in [-0.05, 0) is 65.2 Å². The number of methoxy groups -OCH3 is 1. The lowest BCUT2D eigenvalue weighted by Crippen LogP contribution is -2.58. The zero-order chi connectivity index (χ0) is 17.3. The van der Waals surface area contributed by atoms with Crippen molar-refractivity contribution in [3.63, 3.8) is 0 Å². The van der Waals surface area contributed by atoms with Crippen molar-refractivity contribution in [2.75, 3.05) is 7.11 Å². The quantitative estimate of drug-likeness (QED) is 0.606. The summed E-state index contributed by atoms with van der Waals surface area (Å²) in [5, 5.41) is 0. The Morgan fingerprint density at radius 1 is 1.42 bits per heavy atom. The molecule has 1 aliphatic heterocycles. The number of hydrogen-bond donors (Lipinski definition) is 0. The predicted octanol–water partition coefficient (Wildman–Crippen LogP) is 5.80. The van der Waals surface area contributed by atoms with Gasteiger partial charge >= 0.3 is 0 Å². The van der Waals surface area contributed by atoms with E-state index in [0.29, 0.717) is 23.4 Å². The molecule has 2 nitrogen and oxygen atoms in total. The van der Waals surface area contributed by atoms with Gasteiger partial charge < -0.3 is 9.47 Å². The van der Waals surface area contributed by atoms with Crippen LogP contribution in [0.5, 0.6) is 0 Å². The molecule has 2 heteroatoms. The van der Waals surface area contributed by atoms with E-state index < -0.39 is 0 Å². The Morgan fingerprint density at radius 2 is 2.21 bits per heavy atom. The number of fused-ring (bicyclic) bond motifs is 4. The number of rotatable bonds is 4. The summed E-state index contributed by atoms with van der Waals surface area (Å²) in [6.07, 6.45) is 13.3. The first-order chi connectivity index (χ1) is 11.5. The summed E-state index contributed by atoms with van der Waals surface area (Å²) in [6, 6.07) is 0. The van der Waals surface area contributed by atoms with Crippen LogP contribution in [-0.2, 0) is 9.47 Å². The molecule has 24 heavy (non-hydrogen) atoms. The topological polar surface area (TPSA) is 18.5 Å². The van der Waals surface area contributed by atoms with E-state index in [0.717, 1.165) is 25.7 Å². The van der Waals surface area contributed by atoms with Gasteiger partial charge in [-0.25, -0.2) is 0 Å². The minimum atomic E-state index is -0.0263. The van der Waals surface area contributed by atoms with Crippen molar-refractivity contribution in [3.8, 4) is 0 Å². The number of ether oxygens (including phenoxy) is 2. The first-order valence-electron chi connectivity index (χ1n) is 9.63. The van der Waals surface area contributed by atoms with Gasteiger partial charge in [0.2, 0.25) is 0 Å². The summed E-state index contributed by atoms with van der Waals surface area (Å²) < 4.78 is 12.0. The maximum absolute atomic E-state index is 6.35. The second-order valence-electron chi connectivity index (χ2n) is 8.40. The maximum Gasteiger partial charge on any atom is 0.158 e. The SMILES string of the molecule is C=C1CC/C=C(\C)CC[C@H]2[C@H]1[C@H]1OC(OC)C[C@]12CCC=C(C)C. The highest BCUT2D eigenvalue weighted by molar-refractivity contribution is 5.24. The van der Waals surface area contributed by atoms with E-state index >= 15 is 0 Å². The molecule has 0 radical (unpaired) electrons. The fraction of sp³-hybridized carbons (Fsp3) is 0.727. The fourth-order valence-electron chi connectivity index (χ4n) is 5.35. The molecule has 1 saturated heterocycles. The normalized spacial score (nSPS) is 41.0. The zero-order valence-electron chi connectivity index (χ0n) is 15.9. The predicted molar refractivity (Wildman–Crippen MR) is 99.7 cm³/mol. The van der Waals surface area contributed by atoms with Gasteiger partial charge in [-0.15, -0.1) is 0 Å². The Morgan fingerprint density at radius 3 is 2.92 bits per heavy atom. The standard InChI is InChI=1S/C22H34O2/c1-15(2)8-7-13-22-14-19(23-5)24-21(22)20-17(4)10-6-9-16(3)11-12-18(20)22/h8-9,18-21H,4,6-7,10-14H2,1-3,5H3/b16-9+/t18-,19?,20-,21+,22-/m0/s1. The number of hydrogen-bond acceptors (Lipinski definition) is 2. The van der Waals surface area contributed by atoms with E-state index in [1.165, 1.54) is 30.4 Å². The highest BCUT2D eigenvalue weighted by atomic mass is 16.7. The Kier molecular flexibility index (Phi) is 5.36. The van der Waals surface area contributed by atoms with Crippen LogP contribution in [0, 0.1) is 17.3 Å².